The van der Waals surface area contributed by atoms with Crippen molar-refractivity contribution in [2.45, 2.75) is 13.3 Å². The van der Waals surface area contributed by atoms with Crippen LogP contribution in [0.15, 0.2) is 52.3 Å². The topological polar surface area (TPSA) is 107 Å². The van der Waals surface area contributed by atoms with E-state index in [1.807, 2.05) is 13.0 Å². The second kappa shape index (κ2) is 9.71. The number of ether oxygens (including phenoxy) is 1. The molecule has 0 saturated heterocycles. The van der Waals surface area contributed by atoms with Crippen molar-refractivity contribution in [3.8, 4) is 5.75 Å². The van der Waals surface area contributed by atoms with Crippen LogP contribution in [-0.2, 0) is 10.1 Å². The molecule has 2 aromatic rings. The number of aryl methyl sites for hydroxylation is 1. The molecule has 0 radical (unpaired) electrons. The summed E-state index contributed by atoms with van der Waals surface area (Å²) in [5.74, 6) is -0.795. The second-order valence-corrected chi connectivity index (χ2v) is 7.48. The van der Waals surface area contributed by atoms with E-state index in [1.54, 1.807) is 12.1 Å². The van der Waals surface area contributed by atoms with Crippen LogP contribution in [0.5, 0.6) is 5.75 Å². The quantitative estimate of drug-likeness (QED) is 0.633. The summed E-state index contributed by atoms with van der Waals surface area (Å²) in [5.41, 5.74) is 6.89. The minimum absolute atomic E-state index is 0.303. The second-order valence-electron chi connectivity index (χ2n) is 5.26. The largest absolute Gasteiger partial charge is 0.573 e. The Labute approximate surface area is 167 Å². The maximum absolute atomic E-state index is 11.8. The molecule has 0 atom stereocenters. The van der Waals surface area contributed by atoms with Gasteiger partial charge in [-0.15, -0.1) is 13.2 Å². The smallest absolute Gasteiger partial charge is 0.406 e. The molecule has 0 aliphatic heterocycles. The van der Waals surface area contributed by atoms with Crippen LogP contribution in [0.2, 0.25) is 0 Å². The first-order chi connectivity index (χ1) is 12.8. The van der Waals surface area contributed by atoms with Crippen molar-refractivity contribution in [1.82, 2.24) is 0 Å². The Morgan fingerprint density at radius 1 is 1.18 bits per heavy atom. The fourth-order valence-electron chi connectivity index (χ4n) is 1.85. The Morgan fingerprint density at radius 2 is 1.75 bits per heavy atom. The van der Waals surface area contributed by atoms with E-state index in [1.165, 1.54) is 12.1 Å². The lowest BCUT2D eigenvalue weighted by Gasteiger charge is -2.08. The molecule has 28 heavy (non-hydrogen) atoms. The highest BCUT2D eigenvalue weighted by molar-refractivity contribution is 9.10. The number of amides is 1. The molecule has 1 amide bonds. The molecule has 11 heteroatoms. The number of alkyl halides is 3. The fourth-order valence-corrected chi connectivity index (χ4v) is 2.65. The number of primary amides is 1. The third-order valence-electron chi connectivity index (χ3n) is 3.00. The van der Waals surface area contributed by atoms with Gasteiger partial charge in [0, 0.05) is 10.0 Å². The normalized spacial score (nSPS) is 11.6. The van der Waals surface area contributed by atoms with E-state index in [0.717, 1.165) is 28.2 Å². The van der Waals surface area contributed by atoms with Crippen molar-refractivity contribution in [3.05, 3.63) is 69.0 Å². The molecule has 0 unspecified atom stereocenters. The van der Waals surface area contributed by atoms with Crippen molar-refractivity contribution in [3.63, 3.8) is 0 Å². The summed E-state index contributed by atoms with van der Waals surface area (Å²) < 4.78 is 69.1. The van der Waals surface area contributed by atoms with Crippen molar-refractivity contribution in [1.29, 1.82) is 0 Å². The fraction of sp³-hybridized carbons (Fsp3) is 0.118. The van der Waals surface area contributed by atoms with Crippen LogP contribution in [0, 0.1) is 6.92 Å². The molecule has 0 aromatic heterocycles. The molecule has 0 aliphatic carbocycles. The van der Waals surface area contributed by atoms with Gasteiger partial charge in [0.25, 0.3) is 10.1 Å². The van der Waals surface area contributed by atoms with Crippen molar-refractivity contribution in [2.24, 2.45) is 5.73 Å². The molecule has 6 nitrogen and oxygen atoms in total. The maximum Gasteiger partial charge on any atom is 0.573 e. The molecule has 0 heterocycles. The minimum atomic E-state index is -4.77. The highest BCUT2D eigenvalue weighted by Gasteiger charge is 2.30. The number of rotatable bonds is 4. The first kappa shape index (κ1) is 23.7. The number of nitrogens with two attached hydrogens (primary N) is 1. The van der Waals surface area contributed by atoms with Crippen LogP contribution in [0.4, 0.5) is 13.2 Å². The van der Waals surface area contributed by atoms with E-state index in [4.69, 9.17) is 10.3 Å². The number of hydrogen-bond acceptors (Lipinski definition) is 4. The van der Waals surface area contributed by atoms with Gasteiger partial charge in [-0.25, -0.2) is 0 Å². The molecule has 152 valence electrons. The molecule has 2 aromatic carbocycles. The van der Waals surface area contributed by atoms with Crippen molar-refractivity contribution in [2.75, 3.05) is 0 Å². The standard InChI is InChI=1S/C9H7F3O4S.C8H8BrNO/c10-9(11,12)16-8-3-1-7(2-4-8)5-6-17(13,14)15;1-5-4-6(9)2-3-7(5)8(10)11/h1-6H,(H,13,14,15);2-4H,1H3,(H2,10,11). The summed E-state index contributed by atoms with van der Waals surface area (Å²) in [5, 5.41) is 0.520. The molecule has 0 aliphatic rings. The predicted octanol–water partition coefficient (Wildman–Crippen LogP) is 4.30. The Morgan fingerprint density at radius 3 is 2.18 bits per heavy atom. The lowest BCUT2D eigenvalue weighted by molar-refractivity contribution is -0.274. The zero-order chi connectivity index (χ0) is 21.5. The van der Waals surface area contributed by atoms with Gasteiger partial charge < -0.3 is 10.5 Å². The van der Waals surface area contributed by atoms with Crippen molar-refractivity contribution >= 4 is 38.0 Å². The van der Waals surface area contributed by atoms with Gasteiger partial charge in [-0.1, -0.05) is 28.1 Å². The summed E-state index contributed by atoms with van der Waals surface area (Å²) in [6, 6.07) is 9.84. The average Bonchev–Trinajstić information content (AvgIpc) is 2.52. The Bertz CT molecular complexity index is 958. The van der Waals surface area contributed by atoms with Gasteiger partial charge in [0.2, 0.25) is 5.91 Å². The first-order valence-electron chi connectivity index (χ1n) is 7.34. The summed E-state index contributed by atoms with van der Waals surface area (Å²) in [6.07, 6.45) is -3.74. The molecule has 0 spiro atoms. The number of benzene rings is 2. The van der Waals surface area contributed by atoms with E-state index in [9.17, 15) is 26.4 Å². The van der Waals surface area contributed by atoms with E-state index >= 15 is 0 Å². The monoisotopic (exact) mass is 481 g/mol. The molecular formula is C17H15BrF3NO5S. The van der Waals surface area contributed by atoms with Crippen LogP contribution < -0.4 is 10.5 Å². The van der Waals surface area contributed by atoms with Crippen LogP contribution in [-0.4, -0.2) is 25.2 Å². The van der Waals surface area contributed by atoms with Gasteiger partial charge in [0.15, 0.2) is 0 Å². The predicted molar refractivity (Wildman–Crippen MR) is 101 cm³/mol. The van der Waals surface area contributed by atoms with E-state index in [-0.39, 0.29) is 5.91 Å². The SMILES string of the molecule is Cc1cc(Br)ccc1C(N)=O.O=S(=O)(O)C=Cc1ccc(OC(F)(F)F)cc1. The number of hydrogen-bond donors (Lipinski definition) is 2. The Kier molecular flexibility index (Phi) is 8.21. The van der Waals surface area contributed by atoms with Crippen molar-refractivity contribution < 1.29 is 35.7 Å². The highest BCUT2D eigenvalue weighted by atomic mass is 79.9. The summed E-state index contributed by atoms with van der Waals surface area (Å²) >= 11 is 3.29. The molecule has 3 N–H and O–H groups in total. The zero-order valence-corrected chi connectivity index (χ0v) is 16.7. The zero-order valence-electron chi connectivity index (χ0n) is 14.3. The summed E-state index contributed by atoms with van der Waals surface area (Å²) in [7, 11) is -4.25. The van der Waals surface area contributed by atoms with Crippen LogP contribution >= 0.6 is 15.9 Å². The third-order valence-corrected chi connectivity index (χ3v) is 3.97. The molecule has 2 rings (SSSR count). The molecule has 0 bridgehead atoms. The third kappa shape index (κ3) is 9.53. The number of halogens is 4. The highest BCUT2D eigenvalue weighted by Crippen LogP contribution is 2.23. The first-order valence-corrected chi connectivity index (χ1v) is 9.64. The van der Waals surface area contributed by atoms with Gasteiger partial charge in [0.05, 0.1) is 5.41 Å². The van der Waals surface area contributed by atoms with Crippen LogP contribution in [0.1, 0.15) is 21.5 Å². The van der Waals surface area contributed by atoms with Gasteiger partial charge in [0.1, 0.15) is 5.75 Å². The van der Waals surface area contributed by atoms with Gasteiger partial charge in [-0.05, 0) is 54.5 Å². The number of carbonyl (C=O) groups is 1. The van der Waals surface area contributed by atoms with Gasteiger partial charge in [-0.3, -0.25) is 9.35 Å². The lowest BCUT2D eigenvalue weighted by Crippen LogP contribution is -2.16. The average molecular weight is 482 g/mol. The minimum Gasteiger partial charge on any atom is -0.406 e. The Balaban J connectivity index is 0.000000307. The van der Waals surface area contributed by atoms with E-state index in [0.29, 0.717) is 16.5 Å². The van der Waals surface area contributed by atoms with Gasteiger partial charge in [-0.2, -0.15) is 8.42 Å². The lowest BCUT2D eigenvalue weighted by atomic mass is 10.1. The van der Waals surface area contributed by atoms with Crippen LogP contribution in [0.3, 0.4) is 0 Å². The van der Waals surface area contributed by atoms with E-state index < -0.39 is 22.2 Å². The van der Waals surface area contributed by atoms with Crippen LogP contribution in [0.25, 0.3) is 6.08 Å². The molecule has 0 fully saturated rings. The molecular weight excluding hydrogens is 467 g/mol. The van der Waals surface area contributed by atoms with E-state index in [2.05, 4.69) is 20.7 Å². The molecule has 0 saturated carbocycles. The summed E-state index contributed by atoms with van der Waals surface area (Å²) in [6.45, 7) is 1.85. The van der Waals surface area contributed by atoms with Gasteiger partial charge >= 0.3 is 6.36 Å². The Hall–Kier alpha value is -2.37. The number of carbonyl (C=O) groups excluding carboxylic acids is 1. The summed E-state index contributed by atoms with van der Waals surface area (Å²) in [4.78, 5) is 10.7. The maximum atomic E-state index is 11.8.